The third kappa shape index (κ3) is 2.22. The summed E-state index contributed by atoms with van der Waals surface area (Å²) in [7, 11) is 0. The van der Waals surface area contributed by atoms with Crippen molar-refractivity contribution in [2.45, 2.75) is 6.04 Å². The quantitative estimate of drug-likeness (QED) is 0.267. The van der Waals surface area contributed by atoms with Crippen molar-refractivity contribution in [1.29, 1.82) is 0 Å². The first-order valence-corrected chi connectivity index (χ1v) is 12.3. The van der Waals surface area contributed by atoms with Crippen molar-refractivity contribution in [3.8, 4) is 11.1 Å². The van der Waals surface area contributed by atoms with E-state index in [0.29, 0.717) is 0 Å². The molecule has 0 saturated heterocycles. The molecule has 0 amide bonds. The summed E-state index contributed by atoms with van der Waals surface area (Å²) in [5.41, 5.74) is 8.64. The summed E-state index contributed by atoms with van der Waals surface area (Å²) in [6.45, 7) is 0. The van der Waals surface area contributed by atoms with Crippen molar-refractivity contribution < 1.29 is 4.42 Å². The van der Waals surface area contributed by atoms with Gasteiger partial charge in [-0.15, -0.1) is 0 Å². The molecule has 0 spiro atoms. The molecule has 1 aliphatic heterocycles. The molecular formula is C32H19N3O. The number of hydrogen-bond donors (Lipinski definition) is 1. The van der Waals surface area contributed by atoms with Crippen LogP contribution in [0.3, 0.4) is 0 Å². The lowest BCUT2D eigenvalue weighted by Crippen LogP contribution is -2.29. The topological polar surface area (TPSA) is 41.9 Å². The van der Waals surface area contributed by atoms with Gasteiger partial charge in [0.25, 0.3) is 0 Å². The smallest absolute Gasteiger partial charge is 0.162 e. The minimum atomic E-state index is 0.0828. The molecule has 1 aliphatic carbocycles. The van der Waals surface area contributed by atoms with Crippen molar-refractivity contribution in [1.82, 2.24) is 4.40 Å². The van der Waals surface area contributed by atoms with E-state index in [2.05, 4.69) is 107 Å². The Balaban J connectivity index is 1.44. The van der Waals surface area contributed by atoms with Crippen LogP contribution in [0.4, 0.5) is 11.5 Å². The lowest BCUT2D eigenvalue weighted by molar-refractivity contribution is 0.670. The van der Waals surface area contributed by atoms with E-state index in [1.807, 2.05) is 6.07 Å². The fourth-order valence-electron chi connectivity index (χ4n) is 6.16. The Labute approximate surface area is 205 Å². The van der Waals surface area contributed by atoms with Crippen LogP contribution in [-0.2, 0) is 0 Å². The summed E-state index contributed by atoms with van der Waals surface area (Å²) < 4.78 is 8.90. The molecule has 4 nitrogen and oxygen atoms in total. The first-order valence-electron chi connectivity index (χ1n) is 12.3. The lowest BCUT2D eigenvalue weighted by atomic mass is 10.00. The molecular weight excluding hydrogens is 442 g/mol. The number of fused-ring (bicyclic) bond motifs is 11. The van der Waals surface area contributed by atoms with Gasteiger partial charge in [-0.1, -0.05) is 72.8 Å². The zero-order valence-corrected chi connectivity index (χ0v) is 19.2. The first kappa shape index (κ1) is 18.5. The maximum atomic E-state index is 6.57. The van der Waals surface area contributed by atoms with Crippen LogP contribution in [0.5, 0.6) is 0 Å². The van der Waals surface area contributed by atoms with Crippen molar-refractivity contribution >= 4 is 66.3 Å². The molecule has 0 radical (unpaired) electrons. The average molecular weight is 462 g/mol. The van der Waals surface area contributed by atoms with Crippen LogP contribution in [-0.4, -0.2) is 16.2 Å². The normalized spacial score (nSPS) is 16.8. The Kier molecular flexibility index (Phi) is 3.30. The molecule has 4 heteroatoms. The van der Waals surface area contributed by atoms with Gasteiger partial charge in [-0.05, 0) is 41.5 Å². The molecule has 1 N–H and O–H groups in total. The molecule has 9 rings (SSSR count). The summed E-state index contributed by atoms with van der Waals surface area (Å²) in [6, 6.07) is 28.0. The second-order valence-corrected chi connectivity index (χ2v) is 9.65. The Morgan fingerprint density at radius 2 is 1.64 bits per heavy atom. The standard InChI is InChI=1S/C32H19N3O/c1-2-8-18(9-3-1)19-14-15-21-26(16-19)36-27-17-22-30-32(34-24-12-6-5-11-23(24)33-30)35-25-13-7-4-10-20(25)29(28(21)27)31(22)35/h1-17,23,33H. The van der Waals surface area contributed by atoms with Crippen LogP contribution in [0.25, 0.3) is 60.3 Å². The van der Waals surface area contributed by atoms with Gasteiger partial charge in [0.2, 0.25) is 0 Å². The zero-order valence-electron chi connectivity index (χ0n) is 19.2. The second-order valence-electron chi connectivity index (χ2n) is 9.65. The molecule has 4 heterocycles. The number of nitrogens with one attached hydrogen (secondary N) is 1. The fraction of sp³-hybridized carbons (Fsp3) is 0.0312. The zero-order chi connectivity index (χ0) is 23.4. The monoisotopic (exact) mass is 461 g/mol. The van der Waals surface area contributed by atoms with Crippen LogP contribution >= 0.6 is 0 Å². The van der Waals surface area contributed by atoms with Crippen LogP contribution in [0.1, 0.15) is 0 Å². The van der Waals surface area contributed by atoms with Gasteiger partial charge in [-0.2, -0.15) is 0 Å². The lowest BCUT2D eigenvalue weighted by Gasteiger charge is -2.23. The summed E-state index contributed by atoms with van der Waals surface area (Å²) in [5, 5.41) is 9.67. The van der Waals surface area contributed by atoms with Crippen molar-refractivity contribution in [3.05, 3.63) is 103 Å². The minimum Gasteiger partial charge on any atom is -0.456 e. The molecule has 0 fully saturated rings. The molecule has 3 aromatic heterocycles. The van der Waals surface area contributed by atoms with Crippen LogP contribution in [0.2, 0.25) is 0 Å². The molecule has 0 saturated carbocycles. The first-order chi connectivity index (χ1) is 17.8. The predicted octanol–water partition coefficient (Wildman–Crippen LogP) is 8.24. The number of nitrogens with zero attached hydrogens (tertiary/aromatic N) is 2. The van der Waals surface area contributed by atoms with Gasteiger partial charge < -0.3 is 9.73 Å². The number of aromatic nitrogens is 1. The van der Waals surface area contributed by atoms with Crippen LogP contribution in [0.15, 0.2) is 113 Å². The summed E-state index contributed by atoms with van der Waals surface area (Å²) >= 11 is 0. The van der Waals surface area contributed by atoms with E-state index in [4.69, 9.17) is 9.41 Å². The number of benzene rings is 4. The predicted molar refractivity (Wildman–Crippen MR) is 149 cm³/mol. The number of para-hydroxylation sites is 1. The number of hydrogen-bond acceptors (Lipinski definition) is 3. The molecule has 1 unspecified atom stereocenters. The summed E-state index contributed by atoms with van der Waals surface area (Å²) in [4.78, 5) is 5.14. The fourth-order valence-corrected chi connectivity index (χ4v) is 6.16. The molecule has 2 aliphatic rings. The third-order valence-electron chi connectivity index (χ3n) is 7.72. The second kappa shape index (κ2) is 6.43. The van der Waals surface area contributed by atoms with Gasteiger partial charge in [-0.25, -0.2) is 4.99 Å². The number of aliphatic imine (C=N–C) groups is 1. The highest BCUT2D eigenvalue weighted by Crippen LogP contribution is 2.50. The van der Waals surface area contributed by atoms with Crippen molar-refractivity contribution in [2.24, 2.45) is 4.99 Å². The maximum absolute atomic E-state index is 6.57. The van der Waals surface area contributed by atoms with Gasteiger partial charge in [-0.3, -0.25) is 4.40 Å². The molecule has 0 bridgehead atoms. The van der Waals surface area contributed by atoms with Crippen LogP contribution in [0, 0.1) is 0 Å². The summed E-state index contributed by atoms with van der Waals surface area (Å²) in [6.07, 6.45) is 8.39. The number of allylic oxidation sites excluding steroid dienone is 2. The SMILES string of the molecule is C1=CC2=Nc3c(c4cc5oc6cc(-c7ccccc7)ccc6c5c5c6ccccc6n3c45)NC2C=C1. The molecule has 1 atom stereocenters. The van der Waals surface area contributed by atoms with Crippen molar-refractivity contribution in [2.75, 3.05) is 5.32 Å². The number of anilines is 1. The average Bonchev–Trinajstić information content (AvgIpc) is 3.57. The van der Waals surface area contributed by atoms with E-state index in [-0.39, 0.29) is 6.04 Å². The Morgan fingerprint density at radius 1 is 0.750 bits per heavy atom. The van der Waals surface area contributed by atoms with Gasteiger partial charge in [0.15, 0.2) is 5.82 Å². The van der Waals surface area contributed by atoms with Gasteiger partial charge in [0.1, 0.15) is 11.2 Å². The van der Waals surface area contributed by atoms with E-state index in [9.17, 15) is 0 Å². The van der Waals surface area contributed by atoms with Gasteiger partial charge in [0, 0.05) is 26.9 Å². The van der Waals surface area contributed by atoms with E-state index in [1.54, 1.807) is 0 Å². The van der Waals surface area contributed by atoms with E-state index < -0.39 is 0 Å². The van der Waals surface area contributed by atoms with E-state index in [1.165, 1.54) is 32.8 Å². The Morgan fingerprint density at radius 3 is 2.58 bits per heavy atom. The minimum absolute atomic E-state index is 0.0828. The largest absolute Gasteiger partial charge is 0.456 e. The molecule has 7 aromatic rings. The highest BCUT2D eigenvalue weighted by atomic mass is 16.3. The molecule has 4 aromatic carbocycles. The van der Waals surface area contributed by atoms with Gasteiger partial charge in [0.05, 0.1) is 28.5 Å². The number of furan rings is 1. The highest BCUT2D eigenvalue weighted by molar-refractivity contribution is 6.33. The Hall–Kier alpha value is -4.83. The van der Waals surface area contributed by atoms with Gasteiger partial charge >= 0.3 is 0 Å². The molecule has 168 valence electrons. The van der Waals surface area contributed by atoms with E-state index in [0.717, 1.165) is 44.7 Å². The van der Waals surface area contributed by atoms with Crippen molar-refractivity contribution in [3.63, 3.8) is 0 Å². The highest BCUT2D eigenvalue weighted by Gasteiger charge is 2.30. The van der Waals surface area contributed by atoms with Crippen LogP contribution < -0.4 is 5.32 Å². The third-order valence-corrected chi connectivity index (χ3v) is 7.72. The number of rotatable bonds is 1. The maximum Gasteiger partial charge on any atom is 0.162 e. The Bertz CT molecular complexity index is 2120. The molecule has 36 heavy (non-hydrogen) atoms. The van der Waals surface area contributed by atoms with E-state index >= 15 is 0 Å². The summed E-state index contributed by atoms with van der Waals surface area (Å²) in [5.74, 6) is 0.964.